The lowest BCUT2D eigenvalue weighted by Crippen LogP contribution is -2.22. The number of nitrogens with one attached hydrogen (secondary N) is 1. The zero-order valence-corrected chi connectivity index (χ0v) is 16.7. The fourth-order valence-corrected chi connectivity index (χ4v) is 5.41. The molecule has 2 aromatic heterocycles. The van der Waals surface area contributed by atoms with Crippen LogP contribution in [-0.4, -0.2) is 25.3 Å². The minimum Gasteiger partial charge on any atom is -0.383 e. The van der Waals surface area contributed by atoms with Crippen molar-refractivity contribution in [2.45, 2.75) is 55.8 Å². The molecule has 1 unspecified atom stereocenters. The molecule has 2 heterocycles. The maximum atomic E-state index is 12.8. The van der Waals surface area contributed by atoms with Crippen LogP contribution in [0.1, 0.15) is 47.8 Å². The van der Waals surface area contributed by atoms with Crippen LogP contribution in [0.2, 0.25) is 0 Å². The molecule has 0 radical (unpaired) electrons. The summed E-state index contributed by atoms with van der Waals surface area (Å²) >= 11 is 0.987. The van der Waals surface area contributed by atoms with Crippen molar-refractivity contribution in [2.24, 2.45) is 9.50 Å². The van der Waals surface area contributed by atoms with Crippen LogP contribution in [0.3, 0.4) is 0 Å². The van der Waals surface area contributed by atoms with Crippen molar-refractivity contribution < 1.29 is 14.1 Å². The van der Waals surface area contributed by atoms with Gasteiger partial charge in [-0.3, -0.25) is 4.98 Å². The highest BCUT2D eigenvalue weighted by molar-refractivity contribution is 7.93. The van der Waals surface area contributed by atoms with Gasteiger partial charge < -0.3 is 10.4 Å². The Morgan fingerprint density at radius 3 is 2.63 bits per heavy atom. The Hall–Kier alpha value is -1.88. The summed E-state index contributed by atoms with van der Waals surface area (Å²) in [6.45, 7) is 3.14. The van der Waals surface area contributed by atoms with Crippen molar-refractivity contribution in [2.75, 3.05) is 5.32 Å². The number of hydrogen-bond donors (Lipinski definition) is 3. The molecule has 0 aromatic carbocycles. The van der Waals surface area contributed by atoms with Crippen molar-refractivity contribution >= 4 is 33.0 Å². The van der Waals surface area contributed by atoms with Crippen LogP contribution in [0.25, 0.3) is 0 Å². The third-order valence-electron chi connectivity index (χ3n) is 4.77. The molecule has 1 atom stereocenters. The molecule has 2 amide bonds. The summed E-state index contributed by atoms with van der Waals surface area (Å²) in [5.41, 5.74) is 3.75. The van der Waals surface area contributed by atoms with Gasteiger partial charge in [0.2, 0.25) is 0 Å². The van der Waals surface area contributed by atoms with Gasteiger partial charge in [0.15, 0.2) is 9.92 Å². The Kier molecular flexibility index (Phi) is 4.34. The van der Waals surface area contributed by atoms with Gasteiger partial charge in [-0.25, -0.2) is 19.1 Å². The number of amides is 2. The van der Waals surface area contributed by atoms with Gasteiger partial charge in [-0.05, 0) is 57.1 Å². The number of thiazole rings is 1. The molecule has 0 spiro atoms. The lowest BCUT2D eigenvalue weighted by atomic mass is 9.89. The summed E-state index contributed by atoms with van der Waals surface area (Å²) < 4.78 is 16.6. The van der Waals surface area contributed by atoms with Gasteiger partial charge in [0.05, 0.1) is 11.9 Å². The maximum Gasteiger partial charge on any atom is 0.354 e. The van der Waals surface area contributed by atoms with Crippen LogP contribution in [0.15, 0.2) is 14.8 Å². The van der Waals surface area contributed by atoms with Gasteiger partial charge >= 0.3 is 6.03 Å². The average molecular weight is 408 g/mol. The normalized spacial score (nSPS) is 17.5. The number of aryl methyl sites for hydroxylation is 2. The molecule has 2 aliphatic carbocycles. The molecule has 10 heteroatoms. The minimum absolute atomic E-state index is 0.155. The van der Waals surface area contributed by atoms with Gasteiger partial charge in [0.1, 0.15) is 14.8 Å². The van der Waals surface area contributed by atoms with E-state index in [-0.39, 0.29) is 4.21 Å². The molecular formula is C17H21N5O3S2. The number of pyridine rings is 1. The second-order valence-corrected chi connectivity index (χ2v) is 10.4. The molecule has 27 heavy (non-hydrogen) atoms. The minimum atomic E-state index is -3.45. The maximum absolute atomic E-state index is 12.8. The summed E-state index contributed by atoms with van der Waals surface area (Å²) in [7, 11) is -3.45. The van der Waals surface area contributed by atoms with Crippen LogP contribution in [0.5, 0.6) is 0 Å². The van der Waals surface area contributed by atoms with E-state index in [1.54, 1.807) is 13.8 Å². The van der Waals surface area contributed by atoms with E-state index < -0.39 is 21.5 Å². The van der Waals surface area contributed by atoms with Crippen LogP contribution in [0, 0.1) is 0 Å². The summed E-state index contributed by atoms with van der Waals surface area (Å²) in [6.07, 6.45) is 5.88. The molecule has 144 valence electrons. The Balaban J connectivity index is 1.63. The Morgan fingerprint density at radius 1 is 1.30 bits per heavy atom. The van der Waals surface area contributed by atoms with Crippen molar-refractivity contribution in [3.63, 3.8) is 0 Å². The molecule has 2 aliphatic rings. The highest BCUT2D eigenvalue weighted by Crippen LogP contribution is 2.37. The highest BCUT2D eigenvalue weighted by Gasteiger charge is 2.28. The smallest absolute Gasteiger partial charge is 0.354 e. The third kappa shape index (κ3) is 3.38. The first-order valence-electron chi connectivity index (χ1n) is 8.73. The molecule has 2 aromatic rings. The van der Waals surface area contributed by atoms with Gasteiger partial charge in [-0.1, -0.05) is 0 Å². The number of rotatable bonds is 3. The fourth-order valence-electron chi connectivity index (χ4n) is 3.35. The molecule has 0 saturated carbocycles. The summed E-state index contributed by atoms with van der Waals surface area (Å²) in [5, 5.41) is 19.0. The lowest BCUT2D eigenvalue weighted by molar-refractivity contribution is 0.0783. The number of carbonyl (C=O) groups excluding carboxylic acids is 1. The van der Waals surface area contributed by atoms with Gasteiger partial charge in [0, 0.05) is 11.4 Å². The van der Waals surface area contributed by atoms with Crippen molar-refractivity contribution in [3.8, 4) is 0 Å². The van der Waals surface area contributed by atoms with Gasteiger partial charge in [0.25, 0.3) is 0 Å². The molecule has 0 fully saturated rings. The standard InChI is InChI=1S/C17H21N5O3S2/c1-17(2,24)15-19-8-13(26-15)27(18,25)22-16(23)21-14-9-4-3-5-11(9)20-12-7-6-10(12)14/h8,24H,3-7H2,1-2H3,(H3,18,20,21,22,23,25). The number of hydrogen-bond acceptors (Lipinski definition) is 6. The molecule has 0 saturated heterocycles. The molecule has 4 N–H and O–H groups in total. The van der Waals surface area contributed by atoms with Crippen molar-refractivity contribution in [1.82, 2.24) is 9.97 Å². The van der Waals surface area contributed by atoms with E-state index in [0.29, 0.717) is 5.01 Å². The predicted octanol–water partition coefficient (Wildman–Crippen LogP) is 2.29. The number of nitrogens with zero attached hydrogens (tertiary/aromatic N) is 3. The summed E-state index contributed by atoms with van der Waals surface area (Å²) in [6, 6.07) is -0.741. The molecule has 8 nitrogen and oxygen atoms in total. The lowest BCUT2D eigenvalue weighted by Gasteiger charge is -2.24. The number of anilines is 1. The van der Waals surface area contributed by atoms with Crippen molar-refractivity contribution in [3.05, 3.63) is 33.7 Å². The van der Waals surface area contributed by atoms with Gasteiger partial charge in [-0.2, -0.15) is 0 Å². The predicted molar refractivity (Wildman–Crippen MR) is 103 cm³/mol. The number of nitrogens with two attached hydrogens (primary N) is 1. The quantitative estimate of drug-likeness (QED) is 0.718. The van der Waals surface area contributed by atoms with Crippen LogP contribution in [-0.2, 0) is 41.2 Å². The second kappa shape index (κ2) is 6.33. The number of urea groups is 1. The average Bonchev–Trinajstić information content (AvgIpc) is 3.18. The van der Waals surface area contributed by atoms with E-state index in [2.05, 4.69) is 19.6 Å². The number of carbonyl (C=O) groups is 1. The Bertz CT molecular complexity index is 1060. The van der Waals surface area contributed by atoms with Crippen LogP contribution in [0.4, 0.5) is 10.5 Å². The first-order valence-corrected chi connectivity index (χ1v) is 11.1. The second-order valence-electron chi connectivity index (χ2n) is 7.32. The van der Waals surface area contributed by atoms with E-state index in [1.807, 2.05) is 0 Å². The van der Waals surface area contributed by atoms with E-state index in [9.17, 15) is 14.1 Å². The highest BCUT2D eigenvalue weighted by atomic mass is 32.2. The number of fused-ring (bicyclic) bond motifs is 2. The monoisotopic (exact) mass is 407 g/mol. The molecule has 0 bridgehead atoms. The zero-order valence-electron chi connectivity index (χ0n) is 15.1. The zero-order chi connectivity index (χ0) is 19.4. The van der Waals surface area contributed by atoms with E-state index in [1.165, 1.54) is 6.20 Å². The largest absolute Gasteiger partial charge is 0.383 e. The molecule has 4 rings (SSSR count). The number of aliphatic hydroxyl groups is 1. The first kappa shape index (κ1) is 18.5. The first-order chi connectivity index (χ1) is 12.6. The third-order valence-corrected chi connectivity index (χ3v) is 7.96. The van der Waals surface area contributed by atoms with Gasteiger partial charge in [-0.15, -0.1) is 15.7 Å². The van der Waals surface area contributed by atoms with Crippen LogP contribution >= 0.6 is 11.3 Å². The molecular weight excluding hydrogens is 386 g/mol. The summed E-state index contributed by atoms with van der Waals surface area (Å²) in [5.74, 6) is 0. The number of aromatic nitrogens is 2. The van der Waals surface area contributed by atoms with E-state index >= 15 is 0 Å². The SMILES string of the molecule is CC(C)(O)c1ncc(S(N)(=O)=NC(=O)Nc2c3c(nc4c2CC4)CCC3)s1. The fraction of sp³-hybridized carbons (Fsp3) is 0.471. The Labute approximate surface area is 161 Å². The Morgan fingerprint density at radius 2 is 2.00 bits per heavy atom. The molecule has 0 aliphatic heterocycles. The van der Waals surface area contributed by atoms with Crippen LogP contribution < -0.4 is 10.5 Å². The topological polar surface area (TPSA) is 131 Å². The summed E-state index contributed by atoms with van der Waals surface area (Å²) in [4.78, 5) is 21.2. The van der Waals surface area contributed by atoms with Crippen molar-refractivity contribution in [1.29, 1.82) is 0 Å². The van der Waals surface area contributed by atoms with E-state index in [4.69, 9.17) is 5.14 Å². The van der Waals surface area contributed by atoms with E-state index in [0.717, 1.165) is 71.6 Å².